The van der Waals surface area contributed by atoms with Crippen LogP contribution in [0.4, 0.5) is 5.95 Å². The molecule has 0 aliphatic carbocycles. The van der Waals surface area contributed by atoms with Gasteiger partial charge in [-0.2, -0.15) is 4.98 Å². The SMILES string of the molecule is COC(=O)c1ccc(CCCc2cn(C)c3nc(N)n(OC(C)C)c(=O)c23)cc1. The van der Waals surface area contributed by atoms with Crippen LogP contribution >= 0.6 is 0 Å². The van der Waals surface area contributed by atoms with Crippen molar-refractivity contribution in [1.29, 1.82) is 0 Å². The summed E-state index contributed by atoms with van der Waals surface area (Å²) < 4.78 is 7.60. The predicted molar refractivity (Wildman–Crippen MR) is 111 cm³/mol. The lowest BCUT2D eigenvalue weighted by atomic mass is 10.0. The highest BCUT2D eigenvalue weighted by Gasteiger charge is 2.17. The van der Waals surface area contributed by atoms with Gasteiger partial charge in [0.05, 0.1) is 18.1 Å². The van der Waals surface area contributed by atoms with Crippen LogP contribution in [0.15, 0.2) is 35.3 Å². The number of rotatable bonds is 7. The van der Waals surface area contributed by atoms with Crippen molar-refractivity contribution in [2.75, 3.05) is 12.8 Å². The number of fused-ring (bicyclic) bond motifs is 1. The number of hydrogen-bond acceptors (Lipinski definition) is 6. The Morgan fingerprint density at radius 3 is 2.52 bits per heavy atom. The molecule has 0 spiro atoms. The van der Waals surface area contributed by atoms with E-state index in [0.717, 1.165) is 28.7 Å². The average molecular weight is 398 g/mol. The summed E-state index contributed by atoms with van der Waals surface area (Å²) in [5, 5.41) is 0.531. The molecule has 2 N–H and O–H groups in total. The highest BCUT2D eigenvalue weighted by Crippen LogP contribution is 2.19. The smallest absolute Gasteiger partial charge is 0.337 e. The molecular formula is C21H26N4O4. The summed E-state index contributed by atoms with van der Waals surface area (Å²) in [7, 11) is 3.21. The fourth-order valence-electron chi connectivity index (χ4n) is 3.32. The quantitative estimate of drug-likeness (QED) is 0.612. The summed E-state index contributed by atoms with van der Waals surface area (Å²) in [6.45, 7) is 3.65. The number of benzene rings is 1. The van der Waals surface area contributed by atoms with Gasteiger partial charge in [-0.05, 0) is 56.4 Å². The van der Waals surface area contributed by atoms with Gasteiger partial charge in [0.15, 0.2) is 0 Å². The van der Waals surface area contributed by atoms with Crippen molar-refractivity contribution in [2.24, 2.45) is 7.05 Å². The second-order valence-electron chi connectivity index (χ2n) is 7.23. The van der Waals surface area contributed by atoms with Gasteiger partial charge in [-0.25, -0.2) is 4.79 Å². The summed E-state index contributed by atoms with van der Waals surface area (Å²) in [5.74, 6) is -0.311. The first-order valence-electron chi connectivity index (χ1n) is 9.52. The maximum absolute atomic E-state index is 12.9. The molecule has 0 atom stereocenters. The first kappa shape index (κ1) is 20.4. The van der Waals surface area contributed by atoms with E-state index in [0.29, 0.717) is 23.0 Å². The minimum Gasteiger partial charge on any atom is -0.465 e. The van der Waals surface area contributed by atoms with Crippen molar-refractivity contribution in [3.05, 3.63) is 57.5 Å². The number of methoxy groups -OCH3 is 1. The number of nitrogens with zero attached hydrogens (tertiary/aromatic N) is 3. The van der Waals surface area contributed by atoms with Gasteiger partial charge in [-0.15, -0.1) is 4.73 Å². The van der Waals surface area contributed by atoms with Gasteiger partial charge in [-0.3, -0.25) is 4.79 Å². The largest absolute Gasteiger partial charge is 0.465 e. The zero-order valence-electron chi connectivity index (χ0n) is 17.1. The Balaban J connectivity index is 1.80. The van der Waals surface area contributed by atoms with Crippen LogP contribution in [0.3, 0.4) is 0 Å². The number of nitrogens with two attached hydrogens (primary N) is 1. The van der Waals surface area contributed by atoms with E-state index >= 15 is 0 Å². The van der Waals surface area contributed by atoms with Crippen LogP contribution in [-0.2, 0) is 24.6 Å². The zero-order valence-corrected chi connectivity index (χ0v) is 17.1. The molecule has 0 bridgehead atoms. The van der Waals surface area contributed by atoms with Crippen molar-refractivity contribution in [2.45, 2.75) is 39.2 Å². The van der Waals surface area contributed by atoms with Crippen LogP contribution in [0, 0.1) is 0 Å². The van der Waals surface area contributed by atoms with Gasteiger partial charge in [0, 0.05) is 13.2 Å². The van der Waals surface area contributed by atoms with Crippen molar-refractivity contribution in [3.8, 4) is 0 Å². The number of aromatic nitrogens is 3. The van der Waals surface area contributed by atoms with Crippen molar-refractivity contribution in [1.82, 2.24) is 14.3 Å². The second-order valence-corrected chi connectivity index (χ2v) is 7.23. The lowest BCUT2D eigenvalue weighted by molar-refractivity contribution is 0.0565. The van der Waals surface area contributed by atoms with Crippen molar-refractivity contribution < 1.29 is 14.4 Å². The molecule has 0 radical (unpaired) electrons. The summed E-state index contributed by atoms with van der Waals surface area (Å²) in [5.41, 5.74) is 8.72. The third kappa shape index (κ3) is 4.26. The third-order valence-corrected chi connectivity index (χ3v) is 4.66. The fourth-order valence-corrected chi connectivity index (χ4v) is 3.32. The molecule has 29 heavy (non-hydrogen) atoms. The molecular weight excluding hydrogens is 372 g/mol. The van der Waals surface area contributed by atoms with E-state index in [1.54, 1.807) is 12.1 Å². The normalized spacial score (nSPS) is 11.2. The van der Waals surface area contributed by atoms with E-state index in [4.69, 9.17) is 15.3 Å². The maximum atomic E-state index is 12.9. The Bertz CT molecular complexity index is 1080. The number of esters is 1. The first-order valence-corrected chi connectivity index (χ1v) is 9.52. The molecule has 1 aromatic carbocycles. The third-order valence-electron chi connectivity index (χ3n) is 4.66. The second kappa shape index (κ2) is 8.38. The number of carbonyl (C=O) groups is 1. The summed E-state index contributed by atoms with van der Waals surface area (Å²) in [4.78, 5) is 34.3. The number of hydrogen-bond donors (Lipinski definition) is 1. The molecule has 0 amide bonds. The Morgan fingerprint density at radius 1 is 1.21 bits per heavy atom. The van der Waals surface area contributed by atoms with Crippen LogP contribution in [0.2, 0.25) is 0 Å². The van der Waals surface area contributed by atoms with Gasteiger partial charge in [-0.1, -0.05) is 12.1 Å². The predicted octanol–water partition coefficient (Wildman–Crippen LogP) is 2.12. The fraction of sp³-hybridized carbons (Fsp3) is 0.381. The number of aryl methyl sites for hydroxylation is 3. The number of anilines is 1. The molecule has 8 nitrogen and oxygen atoms in total. The monoisotopic (exact) mass is 398 g/mol. The Hall–Kier alpha value is -3.29. The number of carbonyl (C=O) groups excluding carboxylic acids is 1. The zero-order chi connectivity index (χ0) is 21.1. The van der Waals surface area contributed by atoms with E-state index in [-0.39, 0.29) is 23.6 Å². The molecule has 154 valence electrons. The van der Waals surface area contributed by atoms with Crippen molar-refractivity contribution in [3.63, 3.8) is 0 Å². The molecule has 8 heteroatoms. The summed E-state index contributed by atoms with van der Waals surface area (Å²) in [6, 6.07) is 7.35. The van der Waals surface area contributed by atoms with Crippen LogP contribution in [0.5, 0.6) is 0 Å². The van der Waals surface area contributed by atoms with Crippen LogP contribution in [-0.4, -0.2) is 33.5 Å². The van der Waals surface area contributed by atoms with E-state index in [1.165, 1.54) is 7.11 Å². The Kier molecular flexibility index (Phi) is 5.91. The van der Waals surface area contributed by atoms with E-state index in [1.807, 2.05) is 43.8 Å². The van der Waals surface area contributed by atoms with Gasteiger partial charge in [0.2, 0.25) is 5.95 Å². The molecule has 0 unspecified atom stereocenters. The molecule has 2 heterocycles. The molecule has 0 aliphatic rings. The number of ether oxygens (including phenoxy) is 1. The molecule has 0 saturated heterocycles. The van der Waals surface area contributed by atoms with Crippen LogP contribution < -0.4 is 16.1 Å². The topological polar surface area (TPSA) is 101 Å². The van der Waals surface area contributed by atoms with Gasteiger partial charge < -0.3 is 19.9 Å². The van der Waals surface area contributed by atoms with Crippen molar-refractivity contribution >= 4 is 23.0 Å². The van der Waals surface area contributed by atoms with Gasteiger partial charge in [0.1, 0.15) is 11.8 Å². The summed E-state index contributed by atoms with van der Waals surface area (Å²) in [6.07, 6.45) is 4.08. The van der Waals surface area contributed by atoms with Crippen LogP contribution in [0.25, 0.3) is 11.0 Å². The summed E-state index contributed by atoms with van der Waals surface area (Å²) >= 11 is 0. The molecule has 2 aromatic heterocycles. The van der Waals surface area contributed by atoms with E-state index in [2.05, 4.69) is 4.98 Å². The minimum absolute atomic E-state index is 0.0367. The molecule has 0 aliphatic heterocycles. The standard InChI is InChI=1S/C21H26N4O4/c1-13(2)29-25-19(26)17-16(12-24(3)18(17)23-21(25)22)7-5-6-14-8-10-15(11-9-14)20(27)28-4/h8-13H,5-7H2,1-4H3,(H2,22,23). The molecule has 0 fully saturated rings. The molecule has 3 rings (SSSR count). The Labute approximate surface area is 168 Å². The molecule has 0 saturated carbocycles. The van der Waals surface area contributed by atoms with Gasteiger partial charge in [0.25, 0.3) is 5.56 Å². The van der Waals surface area contributed by atoms with Crippen LogP contribution in [0.1, 0.15) is 41.8 Å². The van der Waals surface area contributed by atoms with Gasteiger partial charge >= 0.3 is 5.97 Å². The number of nitrogen functional groups attached to an aromatic ring is 1. The lowest BCUT2D eigenvalue weighted by Gasteiger charge is -2.13. The highest BCUT2D eigenvalue weighted by atomic mass is 16.7. The lowest BCUT2D eigenvalue weighted by Crippen LogP contribution is -2.33. The highest BCUT2D eigenvalue weighted by molar-refractivity contribution is 5.89. The Morgan fingerprint density at radius 2 is 1.90 bits per heavy atom. The maximum Gasteiger partial charge on any atom is 0.337 e. The van der Waals surface area contributed by atoms with E-state index in [9.17, 15) is 9.59 Å². The van der Waals surface area contributed by atoms with E-state index < -0.39 is 0 Å². The molecule has 3 aromatic rings. The first-order chi connectivity index (χ1) is 13.8. The minimum atomic E-state index is -0.348. The average Bonchev–Trinajstić information content (AvgIpc) is 3.00.